The number of carbonyl (C=O) groups excluding carboxylic acids is 1. The van der Waals surface area contributed by atoms with Crippen molar-refractivity contribution in [2.75, 3.05) is 26.2 Å². The van der Waals surface area contributed by atoms with Crippen molar-refractivity contribution in [3.05, 3.63) is 35.4 Å². The molecule has 7 heteroatoms. The predicted molar refractivity (Wildman–Crippen MR) is 77.2 cm³/mol. The zero-order chi connectivity index (χ0) is 16.8. The fourth-order valence-corrected chi connectivity index (χ4v) is 1.96. The molecule has 0 aliphatic carbocycles. The number of aliphatic hydroxyl groups excluding tert-OH is 1. The summed E-state index contributed by atoms with van der Waals surface area (Å²) >= 11 is 0. The van der Waals surface area contributed by atoms with Crippen LogP contribution in [0.1, 0.15) is 31.1 Å². The number of benzene rings is 1. The van der Waals surface area contributed by atoms with E-state index in [-0.39, 0.29) is 24.6 Å². The lowest BCUT2D eigenvalue weighted by Crippen LogP contribution is -2.38. The Labute approximate surface area is 127 Å². The van der Waals surface area contributed by atoms with E-state index in [1.165, 1.54) is 12.1 Å². The van der Waals surface area contributed by atoms with Crippen LogP contribution >= 0.6 is 0 Å². The number of amides is 1. The van der Waals surface area contributed by atoms with E-state index in [2.05, 4.69) is 5.32 Å². The SMILES string of the molecule is CCN(CC)CC(=O)NCC(O)c1cccc(C(F)(F)F)c1. The van der Waals surface area contributed by atoms with Crippen LogP contribution in [0.4, 0.5) is 13.2 Å². The molecule has 1 rings (SSSR count). The number of likely N-dealkylation sites (N-methyl/N-ethyl adjacent to an activating group) is 1. The second-order valence-corrected chi connectivity index (χ2v) is 4.90. The number of halogens is 3. The number of hydrogen-bond donors (Lipinski definition) is 2. The molecular weight excluding hydrogens is 297 g/mol. The molecule has 124 valence electrons. The normalized spacial score (nSPS) is 13.2. The molecule has 22 heavy (non-hydrogen) atoms. The summed E-state index contributed by atoms with van der Waals surface area (Å²) in [5.74, 6) is -0.269. The Kier molecular flexibility index (Phi) is 6.83. The van der Waals surface area contributed by atoms with Crippen molar-refractivity contribution in [2.24, 2.45) is 0 Å². The zero-order valence-corrected chi connectivity index (χ0v) is 12.7. The summed E-state index contributed by atoms with van der Waals surface area (Å²) in [5, 5.41) is 12.4. The minimum absolute atomic E-state index is 0.123. The highest BCUT2D eigenvalue weighted by Crippen LogP contribution is 2.30. The first-order valence-electron chi connectivity index (χ1n) is 7.12. The summed E-state index contributed by atoms with van der Waals surface area (Å²) in [6.45, 7) is 5.37. The molecule has 0 radical (unpaired) electrons. The number of nitrogens with one attached hydrogen (secondary N) is 1. The highest BCUT2D eigenvalue weighted by molar-refractivity contribution is 5.78. The summed E-state index contributed by atoms with van der Waals surface area (Å²) in [6.07, 6.45) is -5.63. The lowest BCUT2D eigenvalue weighted by atomic mass is 10.1. The van der Waals surface area contributed by atoms with Gasteiger partial charge in [-0.05, 0) is 30.8 Å². The number of nitrogens with zero attached hydrogens (tertiary/aromatic N) is 1. The summed E-state index contributed by atoms with van der Waals surface area (Å²) < 4.78 is 37.8. The van der Waals surface area contributed by atoms with Gasteiger partial charge in [-0.2, -0.15) is 13.2 Å². The lowest BCUT2D eigenvalue weighted by molar-refractivity contribution is -0.137. The third-order valence-corrected chi connectivity index (χ3v) is 3.35. The first-order chi connectivity index (χ1) is 10.3. The van der Waals surface area contributed by atoms with Gasteiger partial charge in [-0.15, -0.1) is 0 Å². The molecule has 1 amide bonds. The van der Waals surface area contributed by atoms with Gasteiger partial charge in [0.25, 0.3) is 0 Å². The summed E-state index contributed by atoms with van der Waals surface area (Å²) in [7, 11) is 0. The van der Waals surface area contributed by atoms with Crippen molar-refractivity contribution in [1.82, 2.24) is 10.2 Å². The molecule has 0 bridgehead atoms. The minimum atomic E-state index is -4.46. The van der Waals surface area contributed by atoms with Crippen LogP contribution in [0.3, 0.4) is 0 Å². The topological polar surface area (TPSA) is 52.6 Å². The smallest absolute Gasteiger partial charge is 0.387 e. The maximum absolute atomic E-state index is 12.6. The van der Waals surface area contributed by atoms with E-state index >= 15 is 0 Å². The quantitative estimate of drug-likeness (QED) is 0.810. The fraction of sp³-hybridized carbons (Fsp3) is 0.533. The predicted octanol–water partition coefficient (Wildman–Crippen LogP) is 2.20. The van der Waals surface area contributed by atoms with Gasteiger partial charge in [0.1, 0.15) is 0 Å². The molecule has 0 heterocycles. The second-order valence-electron chi connectivity index (χ2n) is 4.90. The van der Waals surface area contributed by atoms with E-state index < -0.39 is 17.8 Å². The van der Waals surface area contributed by atoms with Crippen LogP contribution < -0.4 is 5.32 Å². The third kappa shape index (κ3) is 5.65. The van der Waals surface area contributed by atoms with E-state index in [1.54, 1.807) is 0 Å². The van der Waals surface area contributed by atoms with E-state index in [9.17, 15) is 23.1 Å². The van der Waals surface area contributed by atoms with E-state index in [4.69, 9.17) is 0 Å². The van der Waals surface area contributed by atoms with Gasteiger partial charge < -0.3 is 10.4 Å². The van der Waals surface area contributed by atoms with Gasteiger partial charge in [0.15, 0.2) is 0 Å². The van der Waals surface area contributed by atoms with Crippen LogP contribution in [-0.4, -0.2) is 42.1 Å². The van der Waals surface area contributed by atoms with Crippen LogP contribution in [0.25, 0.3) is 0 Å². The first kappa shape index (κ1) is 18.4. The van der Waals surface area contributed by atoms with Crippen molar-refractivity contribution in [3.63, 3.8) is 0 Å². The molecule has 1 unspecified atom stereocenters. The van der Waals surface area contributed by atoms with Gasteiger partial charge in [-0.3, -0.25) is 9.69 Å². The Morgan fingerprint density at radius 2 is 1.95 bits per heavy atom. The summed E-state index contributed by atoms with van der Waals surface area (Å²) in [6, 6.07) is 4.46. The van der Waals surface area contributed by atoms with Crippen molar-refractivity contribution in [2.45, 2.75) is 26.1 Å². The molecule has 0 aliphatic rings. The Hall–Kier alpha value is -1.60. The average molecular weight is 318 g/mol. The second kappa shape index (κ2) is 8.14. The Morgan fingerprint density at radius 1 is 1.32 bits per heavy atom. The third-order valence-electron chi connectivity index (χ3n) is 3.35. The summed E-state index contributed by atoms with van der Waals surface area (Å²) in [5.41, 5.74) is -0.698. The Bertz CT molecular complexity index is 488. The monoisotopic (exact) mass is 318 g/mol. The highest BCUT2D eigenvalue weighted by atomic mass is 19.4. The number of hydrogen-bond acceptors (Lipinski definition) is 3. The van der Waals surface area contributed by atoms with Gasteiger partial charge >= 0.3 is 6.18 Å². The molecule has 0 spiro atoms. The number of rotatable bonds is 7. The molecule has 1 aromatic carbocycles. The maximum Gasteiger partial charge on any atom is 0.416 e. The van der Waals surface area contributed by atoms with Crippen LogP contribution in [0, 0.1) is 0 Å². The van der Waals surface area contributed by atoms with Crippen molar-refractivity contribution >= 4 is 5.91 Å². The molecule has 0 saturated carbocycles. The molecule has 4 nitrogen and oxygen atoms in total. The van der Waals surface area contributed by atoms with Gasteiger partial charge in [-0.1, -0.05) is 26.0 Å². The number of aliphatic hydroxyl groups is 1. The highest BCUT2D eigenvalue weighted by Gasteiger charge is 2.30. The average Bonchev–Trinajstić information content (AvgIpc) is 2.49. The maximum atomic E-state index is 12.6. The van der Waals surface area contributed by atoms with Crippen molar-refractivity contribution in [3.8, 4) is 0 Å². The molecule has 0 fully saturated rings. The fourth-order valence-electron chi connectivity index (χ4n) is 1.96. The molecule has 0 aliphatic heterocycles. The molecular formula is C15H21F3N2O2. The Balaban J connectivity index is 2.59. The van der Waals surface area contributed by atoms with Crippen LogP contribution in [-0.2, 0) is 11.0 Å². The van der Waals surface area contributed by atoms with E-state index in [1.807, 2.05) is 18.7 Å². The van der Waals surface area contributed by atoms with Crippen LogP contribution in [0.2, 0.25) is 0 Å². The lowest BCUT2D eigenvalue weighted by Gasteiger charge is -2.18. The van der Waals surface area contributed by atoms with Gasteiger partial charge in [0, 0.05) is 6.54 Å². The molecule has 0 aromatic heterocycles. The minimum Gasteiger partial charge on any atom is -0.387 e. The van der Waals surface area contributed by atoms with E-state index in [0.717, 1.165) is 25.2 Å². The number of alkyl halides is 3. The molecule has 2 N–H and O–H groups in total. The number of carbonyl (C=O) groups is 1. The first-order valence-corrected chi connectivity index (χ1v) is 7.12. The van der Waals surface area contributed by atoms with Crippen molar-refractivity contribution < 1.29 is 23.1 Å². The van der Waals surface area contributed by atoms with Gasteiger partial charge in [-0.25, -0.2) is 0 Å². The summed E-state index contributed by atoms with van der Waals surface area (Å²) in [4.78, 5) is 13.6. The standard InChI is InChI=1S/C15H21F3N2O2/c1-3-20(4-2)10-14(22)19-9-13(21)11-6-5-7-12(8-11)15(16,17)18/h5-8,13,21H,3-4,9-10H2,1-2H3,(H,19,22). The van der Waals surface area contributed by atoms with Gasteiger partial charge in [0.05, 0.1) is 18.2 Å². The zero-order valence-electron chi connectivity index (χ0n) is 12.7. The molecule has 1 aromatic rings. The Morgan fingerprint density at radius 3 is 2.50 bits per heavy atom. The van der Waals surface area contributed by atoms with E-state index in [0.29, 0.717) is 0 Å². The molecule has 0 saturated heterocycles. The van der Waals surface area contributed by atoms with Crippen LogP contribution in [0.15, 0.2) is 24.3 Å². The molecule has 1 atom stereocenters. The van der Waals surface area contributed by atoms with Crippen LogP contribution in [0.5, 0.6) is 0 Å². The van der Waals surface area contributed by atoms with Crippen molar-refractivity contribution in [1.29, 1.82) is 0 Å². The van der Waals surface area contributed by atoms with Gasteiger partial charge in [0.2, 0.25) is 5.91 Å². The largest absolute Gasteiger partial charge is 0.416 e.